The summed E-state index contributed by atoms with van der Waals surface area (Å²) in [5.41, 5.74) is 2.71. The molecule has 0 aliphatic heterocycles. The lowest BCUT2D eigenvalue weighted by Crippen LogP contribution is -2.08. The molecule has 0 spiro atoms. The molecule has 28 heavy (non-hydrogen) atoms. The summed E-state index contributed by atoms with van der Waals surface area (Å²) in [6.45, 7) is 0. The minimum Gasteiger partial charge on any atom is -0.378 e. The fourth-order valence-electron chi connectivity index (χ4n) is 2.53. The number of hydrogen-bond donors (Lipinski definition) is 0. The first-order chi connectivity index (χ1) is 13.4. The Bertz CT molecular complexity index is 981. The average Bonchev–Trinajstić information content (AvgIpc) is 2.69. The fraction of sp³-hybridized carbons (Fsp3) is 0.0870. The van der Waals surface area contributed by atoms with Crippen molar-refractivity contribution >= 4 is 56.8 Å². The molecule has 0 aliphatic carbocycles. The molecule has 3 aromatic carbocycles. The smallest absolute Gasteiger partial charge is 0.199 e. The highest BCUT2D eigenvalue weighted by atomic mass is 79.9. The lowest BCUT2D eigenvalue weighted by molar-refractivity contribution is 0.104. The van der Waals surface area contributed by atoms with E-state index >= 15 is 0 Å². The SMILES string of the molecule is CN(C)c1ccc(/C=C(/Sc2ccc(Br)cc2)C(=O)c2ccc(Cl)cc2)cc1. The van der Waals surface area contributed by atoms with Crippen molar-refractivity contribution in [1.82, 2.24) is 0 Å². The summed E-state index contributed by atoms with van der Waals surface area (Å²) in [7, 11) is 4.01. The lowest BCUT2D eigenvalue weighted by Gasteiger charge is -2.12. The van der Waals surface area contributed by atoms with Gasteiger partial charge in [0.1, 0.15) is 0 Å². The highest BCUT2D eigenvalue weighted by Gasteiger charge is 2.14. The van der Waals surface area contributed by atoms with Crippen molar-refractivity contribution in [3.63, 3.8) is 0 Å². The maximum Gasteiger partial charge on any atom is 0.199 e. The third kappa shape index (κ3) is 5.51. The summed E-state index contributed by atoms with van der Waals surface area (Å²) in [4.78, 5) is 16.9. The molecule has 0 heterocycles. The number of allylic oxidation sites excluding steroid dienone is 1. The third-order valence-corrected chi connectivity index (χ3v) is 5.89. The molecule has 0 amide bonds. The van der Waals surface area contributed by atoms with E-state index in [1.54, 1.807) is 24.3 Å². The Morgan fingerprint density at radius 3 is 2.11 bits per heavy atom. The number of benzene rings is 3. The van der Waals surface area contributed by atoms with Crippen LogP contribution in [0.2, 0.25) is 5.02 Å². The van der Waals surface area contributed by atoms with Crippen molar-refractivity contribution in [1.29, 1.82) is 0 Å². The van der Waals surface area contributed by atoms with E-state index < -0.39 is 0 Å². The molecule has 0 bridgehead atoms. The Labute approximate surface area is 183 Å². The first kappa shape index (κ1) is 20.7. The summed E-state index contributed by atoms with van der Waals surface area (Å²) in [5.74, 6) is -0.0266. The van der Waals surface area contributed by atoms with E-state index in [4.69, 9.17) is 11.6 Å². The summed E-state index contributed by atoms with van der Waals surface area (Å²) in [5, 5.41) is 0.613. The highest BCUT2D eigenvalue weighted by molar-refractivity contribution is 9.10. The van der Waals surface area contributed by atoms with E-state index in [0.29, 0.717) is 15.5 Å². The Kier molecular flexibility index (Phi) is 7.00. The van der Waals surface area contributed by atoms with Crippen molar-refractivity contribution in [3.8, 4) is 0 Å². The summed E-state index contributed by atoms with van der Waals surface area (Å²) in [6.07, 6.45) is 1.93. The zero-order valence-corrected chi connectivity index (χ0v) is 18.7. The molecule has 3 aromatic rings. The standard InChI is InChI=1S/C23H19BrClNOS/c1-26(2)20-11-3-16(4-12-20)15-22(28-21-13-7-18(24)8-14-21)23(27)17-5-9-19(25)10-6-17/h3-15H,1-2H3/b22-15+. The van der Waals surface area contributed by atoms with Crippen LogP contribution in [0.1, 0.15) is 15.9 Å². The Morgan fingerprint density at radius 2 is 1.54 bits per heavy atom. The van der Waals surface area contributed by atoms with Crippen LogP contribution >= 0.6 is 39.3 Å². The van der Waals surface area contributed by atoms with Crippen LogP contribution in [-0.2, 0) is 0 Å². The molecule has 0 unspecified atom stereocenters. The Hall–Kier alpha value is -2.01. The van der Waals surface area contributed by atoms with E-state index in [1.807, 2.05) is 73.6 Å². The Balaban J connectivity index is 1.96. The maximum atomic E-state index is 13.2. The number of Topliss-reactive ketones (excluding diaryl/α,β-unsaturated/α-hetero) is 1. The molecule has 2 nitrogen and oxygen atoms in total. The van der Waals surface area contributed by atoms with E-state index in [1.165, 1.54) is 11.8 Å². The second kappa shape index (κ2) is 9.46. The molecule has 5 heteroatoms. The van der Waals surface area contributed by atoms with Gasteiger partial charge in [0.15, 0.2) is 5.78 Å². The van der Waals surface area contributed by atoms with Gasteiger partial charge in [-0.15, -0.1) is 0 Å². The van der Waals surface area contributed by atoms with Crippen molar-refractivity contribution in [2.24, 2.45) is 0 Å². The fourth-order valence-corrected chi connectivity index (χ4v) is 3.86. The van der Waals surface area contributed by atoms with Gasteiger partial charge in [-0.25, -0.2) is 0 Å². The number of anilines is 1. The van der Waals surface area contributed by atoms with Gasteiger partial charge in [0, 0.05) is 39.7 Å². The van der Waals surface area contributed by atoms with Crippen molar-refractivity contribution < 1.29 is 4.79 Å². The lowest BCUT2D eigenvalue weighted by atomic mass is 10.1. The molecule has 3 rings (SSSR count). The van der Waals surface area contributed by atoms with E-state index in [2.05, 4.69) is 15.9 Å². The molecule has 0 radical (unpaired) electrons. The topological polar surface area (TPSA) is 20.3 Å². The number of hydrogen-bond acceptors (Lipinski definition) is 3. The van der Waals surface area contributed by atoms with Gasteiger partial charge in [-0.3, -0.25) is 4.79 Å². The number of carbonyl (C=O) groups excluding carboxylic acids is 1. The zero-order valence-electron chi connectivity index (χ0n) is 15.5. The Morgan fingerprint density at radius 1 is 0.929 bits per heavy atom. The van der Waals surface area contributed by atoms with Gasteiger partial charge in [0.2, 0.25) is 0 Å². The number of thioether (sulfide) groups is 1. The molecule has 0 saturated carbocycles. The van der Waals surface area contributed by atoms with Crippen LogP contribution in [0.5, 0.6) is 0 Å². The number of carbonyl (C=O) groups is 1. The summed E-state index contributed by atoms with van der Waals surface area (Å²) in [6, 6.07) is 23.0. The molecule has 0 saturated heterocycles. The molecule has 0 atom stereocenters. The van der Waals surface area contributed by atoms with Crippen LogP contribution in [0.3, 0.4) is 0 Å². The van der Waals surface area contributed by atoms with Gasteiger partial charge in [-0.1, -0.05) is 51.4 Å². The van der Waals surface area contributed by atoms with E-state index in [9.17, 15) is 4.79 Å². The van der Waals surface area contributed by atoms with E-state index in [0.717, 1.165) is 20.6 Å². The second-order valence-electron chi connectivity index (χ2n) is 6.39. The molecule has 0 fully saturated rings. The van der Waals surface area contributed by atoms with Crippen molar-refractivity contribution in [3.05, 3.63) is 98.3 Å². The van der Waals surface area contributed by atoms with Crippen LogP contribution in [-0.4, -0.2) is 19.9 Å². The number of nitrogens with zero attached hydrogens (tertiary/aromatic N) is 1. The van der Waals surface area contributed by atoms with Gasteiger partial charge >= 0.3 is 0 Å². The molecule has 0 N–H and O–H groups in total. The van der Waals surface area contributed by atoms with Crippen LogP contribution in [0.15, 0.2) is 87.1 Å². The second-order valence-corrected chi connectivity index (χ2v) is 8.85. The number of ketones is 1. The molecule has 142 valence electrons. The minimum atomic E-state index is -0.0266. The number of halogens is 2. The van der Waals surface area contributed by atoms with Gasteiger partial charge in [0.05, 0.1) is 4.91 Å². The van der Waals surface area contributed by atoms with Crippen LogP contribution in [0, 0.1) is 0 Å². The molecular weight excluding hydrogens is 454 g/mol. The third-order valence-electron chi connectivity index (χ3n) is 4.08. The first-order valence-electron chi connectivity index (χ1n) is 8.65. The highest BCUT2D eigenvalue weighted by Crippen LogP contribution is 2.32. The van der Waals surface area contributed by atoms with Crippen LogP contribution < -0.4 is 4.90 Å². The molecular formula is C23H19BrClNOS. The molecule has 0 aliphatic rings. The summed E-state index contributed by atoms with van der Waals surface area (Å²) >= 11 is 10.9. The van der Waals surface area contributed by atoms with Crippen molar-refractivity contribution in [2.45, 2.75) is 4.90 Å². The predicted octanol–water partition coefficient (Wildman–Crippen LogP) is 7.18. The van der Waals surface area contributed by atoms with Crippen LogP contribution in [0.25, 0.3) is 6.08 Å². The van der Waals surface area contributed by atoms with Gasteiger partial charge in [-0.2, -0.15) is 0 Å². The number of rotatable bonds is 6. The zero-order chi connectivity index (χ0) is 20.1. The first-order valence-corrected chi connectivity index (χ1v) is 10.6. The van der Waals surface area contributed by atoms with Crippen molar-refractivity contribution in [2.75, 3.05) is 19.0 Å². The largest absolute Gasteiger partial charge is 0.378 e. The molecule has 0 aromatic heterocycles. The average molecular weight is 473 g/mol. The van der Waals surface area contributed by atoms with E-state index in [-0.39, 0.29) is 5.78 Å². The predicted molar refractivity (Wildman–Crippen MR) is 125 cm³/mol. The summed E-state index contributed by atoms with van der Waals surface area (Å²) < 4.78 is 1.01. The van der Waals surface area contributed by atoms with Gasteiger partial charge in [-0.05, 0) is 72.3 Å². The minimum absolute atomic E-state index is 0.0266. The van der Waals surface area contributed by atoms with Gasteiger partial charge in [0.25, 0.3) is 0 Å². The normalized spacial score (nSPS) is 11.4. The maximum absolute atomic E-state index is 13.2. The van der Waals surface area contributed by atoms with Gasteiger partial charge < -0.3 is 4.90 Å². The van der Waals surface area contributed by atoms with Crippen LogP contribution in [0.4, 0.5) is 5.69 Å². The monoisotopic (exact) mass is 471 g/mol. The quantitative estimate of drug-likeness (QED) is 0.215.